The summed E-state index contributed by atoms with van der Waals surface area (Å²) in [6.45, 7) is 1.72. The first kappa shape index (κ1) is 11.3. The lowest BCUT2D eigenvalue weighted by Crippen LogP contribution is -2.03. The lowest BCUT2D eigenvalue weighted by Gasteiger charge is -2.08. The molecule has 0 unspecified atom stereocenters. The Hall–Kier alpha value is -1.77. The van der Waals surface area contributed by atoms with Gasteiger partial charge in [-0.3, -0.25) is 0 Å². The molecule has 1 aliphatic carbocycles. The lowest BCUT2D eigenvalue weighted by atomic mass is 10.1. The van der Waals surface area contributed by atoms with Crippen LogP contribution in [0.4, 0.5) is 0 Å². The van der Waals surface area contributed by atoms with Gasteiger partial charge >= 0.3 is 0 Å². The molecule has 94 valence electrons. The highest BCUT2D eigenvalue weighted by molar-refractivity contribution is 5.38. The summed E-state index contributed by atoms with van der Waals surface area (Å²) in [4.78, 5) is 4.02. The predicted molar refractivity (Wildman–Crippen MR) is 70.8 cm³/mol. The van der Waals surface area contributed by atoms with Gasteiger partial charge in [0.25, 0.3) is 0 Å². The van der Waals surface area contributed by atoms with Crippen molar-refractivity contribution in [1.29, 1.82) is 0 Å². The number of nitrogens with zero attached hydrogens (tertiary/aromatic N) is 2. The molecule has 1 heterocycles. The van der Waals surface area contributed by atoms with E-state index in [2.05, 4.69) is 27.8 Å². The van der Waals surface area contributed by atoms with Crippen molar-refractivity contribution in [2.24, 2.45) is 0 Å². The number of ether oxygens (including phenoxy) is 1. The number of hydrogen-bond acceptors (Lipinski definition) is 2. The third-order valence-corrected chi connectivity index (χ3v) is 3.46. The van der Waals surface area contributed by atoms with Crippen LogP contribution in [0.1, 0.15) is 24.0 Å². The third kappa shape index (κ3) is 2.55. The van der Waals surface area contributed by atoms with E-state index >= 15 is 0 Å². The van der Waals surface area contributed by atoms with Crippen LogP contribution in [0.2, 0.25) is 0 Å². The number of rotatable bonds is 5. The van der Waals surface area contributed by atoms with Crippen LogP contribution >= 0.6 is 0 Å². The van der Waals surface area contributed by atoms with Crippen molar-refractivity contribution in [1.82, 2.24) is 9.55 Å². The van der Waals surface area contributed by atoms with Gasteiger partial charge in [-0.25, -0.2) is 4.98 Å². The van der Waals surface area contributed by atoms with Gasteiger partial charge in [0.1, 0.15) is 5.75 Å². The second-order valence-electron chi connectivity index (χ2n) is 4.79. The number of imidazole rings is 1. The van der Waals surface area contributed by atoms with Crippen molar-refractivity contribution in [2.75, 3.05) is 6.61 Å². The molecule has 3 rings (SSSR count). The molecule has 18 heavy (non-hydrogen) atoms. The van der Waals surface area contributed by atoms with Crippen LogP contribution in [0.25, 0.3) is 0 Å². The van der Waals surface area contributed by atoms with E-state index in [1.54, 1.807) is 6.20 Å². The maximum Gasteiger partial charge on any atom is 0.119 e. The minimum Gasteiger partial charge on any atom is -0.494 e. The fourth-order valence-electron chi connectivity index (χ4n) is 2.49. The van der Waals surface area contributed by atoms with E-state index in [1.807, 2.05) is 12.5 Å². The number of hydrogen-bond donors (Lipinski definition) is 0. The zero-order valence-electron chi connectivity index (χ0n) is 10.5. The van der Waals surface area contributed by atoms with Crippen LogP contribution in [-0.4, -0.2) is 16.2 Å². The van der Waals surface area contributed by atoms with Crippen LogP contribution in [-0.2, 0) is 19.4 Å². The monoisotopic (exact) mass is 242 g/mol. The molecule has 0 fully saturated rings. The molecule has 0 bridgehead atoms. The molecule has 0 N–H and O–H groups in total. The molecular weight excluding hydrogens is 224 g/mol. The van der Waals surface area contributed by atoms with Crippen LogP contribution in [0.15, 0.2) is 36.9 Å². The normalized spacial score (nSPS) is 13.6. The molecule has 2 aromatic rings. The van der Waals surface area contributed by atoms with Crippen LogP contribution < -0.4 is 4.74 Å². The highest BCUT2D eigenvalue weighted by Crippen LogP contribution is 2.25. The SMILES string of the molecule is c1cn(CCCOc2ccc3c(c2)CCC3)cn1. The molecule has 0 atom stereocenters. The Morgan fingerprint density at radius 2 is 2.17 bits per heavy atom. The van der Waals surface area contributed by atoms with Gasteiger partial charge in [-0.15, -0.1) is 0 Å². The number of aromatic nitrogens is 2. The third-order valence-electron chi connectivity index (χ3n) is 3.46. The Kier molecular flexibility index (Phi) is 3.31. The maximum absolute atomic E-state index is 5.80. The molecule has 1 aromatic carbocycles. The molecule has 0 saturated heterocycles. The molecule has 0 spiro atoms. The quantitative estimate of drug-likeness (QED) is 0.754. The van der Waals surface area contributed by atoms with Crippen molar-refractivity contribution in [3.63, 3.8) is 0 Å². The van der Waals surface area contributed by atoms with Gasteiger partial charge in [0.2, 0.25) is 0 Å². The number of fused-ring (bicyclic) bond motifs is 1. The average molecular weight is 242 g/mol. The Morgan fingerprint density at radius 3 is 3.06 bits per heavy atom. The van der Waals surface area contributed by atoms with E-state index in [9.17, 15) is 0 Å². The Labute approximate surface area is 107 Å². The largest absolute Gasteiger partial charge is 0.494 e. The lowest BCUT2D eigenvalue weighted by molar-refractivity contribution is 0.301. The van der Waals surface area contributed by atoms with E-state index in [0.717, 1.165) is 25.3 Å². The highest BCUT2D eigenvalue weighted by atomic mass is 16.5. The highest BCUT2D eigenvalue weighted by Gasteiger charge is 2.10. The van der Waals surface area contributed by atoms with E-state index in [4.69, 9.17) is 4.74 Å². The molecule has 0 aliphatic heterocycles. The zero-order valence-corrected chi connectivity index (χ0v) is 10.5. The van der Waals surface area contributed by atoms with Crippen molar-refractivity contribution in [3.05, 3.63) is 48.0 Å². The summed E-state index contributed by atoms with van der Waals surface area (Å²) in [6.07, 6.45) is 10.4. The van der Waals surface area contributed by atoms with Crippen LogP contribution in [0.3, 0.4) is 0 Å². The van der Waals surface area contributed by atoms with Gasteiger partial charge in [0.05, 0.1) is 12.9 Å². The topological polar surface area (TPSA) is 27.1 Å². The molecule has 3 nitrogen and oxygen atoms in total. The van der Waals surface area contributed by atoms with E-state index in [1.165, 1.54) is 30.4 Å². The van der Waals surface area contributed by atoms with Crippen LogP contribution in [0, 0.1) is 0 Å². The van der Waals surface area contributed by atoms with Gasteiger partial charge < -0.3 is 9.30 Å². The van der Waals surface area contributed by atoms with Crippen molar-refractivity contribution in [3.8, 4) is 5.75 Å². The molecule has 3 heteroatoms. The van der Waals surface area contributed by atoms with Gasteiger partial charge in [0, 0.05) is 18.9 Å². The number of benzene rings is 1. The zero-order chi connectivity index (χ0) is 12.2. The van der Waals surface area contributed by atoms with Crippen molar-refractivity contribution >= 4 is 0 Å². The first-order valence-electron chi connectivity index (χ1n) is 6.62. The van der Waals surface area contributed by atoms with Crippen molar-refractivity contribution < 1.29 is 4.74 Å². The molecule has 1 aliphatic rings. The fraction of sp³-hybridized carbons (Fsp3) is 0.400. The second-order valence-corrected chi connectivity index (χ2v) is 4.79. The smallest absolute Gasteiger partial charge is 0.119 e. The number of aryl methyl sites for hydroxylation is 3. The first-order chi connectivity index (χ1) is 8.92. The minimum atomic E-state index is 0.761. The molecule has 1 aromatic heterocycles. The summed E-state index contributed by atoms with van der Waals surface area (Å²) in [7, 11) is 0. The van der Waals surface area contributed by atoms with Crippen LogP contribution in [0.5, 0.6) is 5.75 Å². The summed E-state index contributed by atoms with van der Waals surface area (Å²) in [6, 6.07) is 6.52. The molecule has 0 radical (unpaired) electrons. The summed E-state index contributed by atoms with van der Waals surface area (Å²) in [5.41, 5.74) is 2.97. The summed E-state index contributed by atoms with van der Waals surface area (Å²) in [5, 5.41) is 0. The van der Waals surface area contributed by atoms with Gasteiger partial charge in [0.15, 0.2) is 0 Å². The Bertz CT molecular complexity index is 505. The minimum absolute atomic E-state index is 0.761. The average Bonchev–Trinajstić information content (AvgIpc) is 3.05. The standard InChI is InChI=1S/C15H18N2O/c1-3-13-5-6-15(11-14(13)4-1)18-10-2-8-17-9-7-16-12-17/h5-7,9,11-12H,1-4,8,10H2. The van der Waals surface area contributed by atoms with Gasteiger partial charge in [-0.2, -0.15) is 0 Å². The molecule has 0 saturated carbocycles. The van der Waals surface area contributed by atoms with Gasteiger partial charge in [-0.1, -0.05) is 6.07 Å². The van der Waals surface area contributed by atoms with Gasteiger partial charge in [-0.05, 0) is 48.9 Å². The molecule has 0 amide bonds. The molecular formula is C15H18N2O. The maximum atomic E-state index is 5.80. The van der Waals surface area contributed by atoms with E-state index < -0.39 is 0 Å². The predicted octanol–water partition coefficient (Wildman–Crippen LogP) is 2.84. The summed E-state index contributed by atoms with van der Waals surface area (Å²) >= 11 is 0. The fourth-order valence-corrected chi connectivity index (χ4v) is 2.49. The Balaban J connectivity index is 1.48. The summed E-state index contributed by atoms with van der Waals surface area (Å²) < 4.78 is 7.87. The first-order valence-corrected chi connectivity index (χ1v) is 6.62. The Morgan fingerprint density at radius 1 is 1.22 bits per heavy atom. The van der Waals surface area contributed by atoms with E-state index in [0.29, 0.717) is 0 Å². The second kappa shape index (κ2) is 5.25. The van der Waals surface area contributed by atoms with E-state index in [-0.39, 0.29) is 0 Å². The van der Waals surface area contributed by atoms with Crippen molar-refractivity contribution in [2.45, 2.75) is 32.2 Å². The summed E-state index contributed by atoms with van der Waals surface area (Å²) in [5.74, 6) is 1.02.